The third-order valence-electron chi connectivity index (χ3n) is 2.57. The molecule has 3 N–H and O–H groups in total. The van der Waals surface area contributed by atoms with E-state index in [4.69, 9.17) is 5.11 Å². The van der Waals surface area contributed by atoms with Crippen LogP contribution in [0, 0.1) is 0 Å². The number of amides is 1. The molecule has 0 spiro atoms. The Labute approximate surface area is 114 Å². The number of aliphatic carboxylic acids is 1. The Morgan fingerprint density at radius 1 is 1.32 bits per heavy atom. The SMILES string of the molecule is O=C(O)CSCCNC(=O)c1ccc2cc[nH]c2c1. The van der Waals surface area contributed by atoms with Gasteiger partial charge in [-0.05, 0) is 23.6 Å². The molecule has 0 aliphatic heterocycles. The standard InChI is InChI=1S/C13H14N2O3S/c16-12(17)8-19-6-5-15-13(18)10-2-1-9-3-4-14-11(9)7-10/h1-4,7,14H,5-6,8H2,(H,15,18)(H,16,17). The number of hydrogen-bond acceptors (Lipinski definition) is 3. The average molecular weight is 278 g/mol. The topological polar surface area (TPSA) is 82.2 Å². The number of H-pyrrole nitrogens is 1. The molecule has 5 nitrogen and oxygen atoms in total. The van der Waals surface area contributed by atoms with Crippen LogP contribution >= 0.6 is 11.8 Å². The maximum Gasteiger partial charge on any atom is 0.313 e. The van der Waals surface area contributed by atoms with E-state index in [-0.39, 0.29) is 11.7 Å². The molecule has 2 aromatic rings. The maximum atomic E-state index is 11.9. The van der Waals surface area contributed by atoms with Crippen molar-refractivity contribution in [2.45, 2.75) is 0 Å². The molecule has 0 saturated heterocycles. The van der Waals surface area contributed by atoms with Gasteiger partial charge in [-0.1, -0.05) is 6.07 Å². The van der Waals surface area contributed by atoms with Gasteiger partial charge in [-0.15, -0.1) is 11.8 Å². The van der Waals surface area contributed by atoms with Crippen LogP contribution in [0.25, 0.3) is 10.9 Å². The Morgan fingerprint density at radius 3 is 2.95 bits per heavy atom. The molecule has 0 bridgehead atoms. The summed E-state index contributed by atoms with van der Waals surface area (Å²) >= 11 is 1.28. The average Bonchev–Trinajstić information content (AvgIpc) is 2.84. The zero-order chi connectivity index (χ0) is 13.7. The van der Waals surface area contributed by atoms with Crippen LogP contribution < -0.4 is 5.32 Å². The van der Waals surface area contributed by atoms with E-state index in [1.165, 1.54) is 11.8 Å². The molecule has 0 radical (unpaired) electrons. The van der Waals surface area contributed by atoms with Gasteiger partial charge in [0.05, 0.1) is 5.75 Å². The minimum Gasteiger partial charge on any atom is -0.481 e. The fourth-order valence-electron chi connectivity index (χ4n) is 1.69. The highest BCUT2D eigenvalue weighted by Crippen LogP contribution is 2.13. The summed E-state index contributed by atoms with van der Waals surface area (Å²) in [6.45, 7) is 0.458. The highest BCUT2D eigenvalue weighted by molar-refractivity contribution is 7.99. The summed E-state index contributed by atoms with van der Waals surface area (Å²) in [5.41, 5.74) is 1.52. The Balaban J connectivity index is 1.84. The van der Waals surface area contributed by atoms with E-state index in [1.807, 2.05) is 18.3 Å². The summed E-state index contributed by atoms with van der Waals surface area (Å²) in [5, 5.41) is 12.3. The Bertz CT molecular complexity index is 594. The molecular weight excluding hydrogens is 264 g/mol. The van der Waals surface area contributed by atoms with Gasteiger partial charge in [-0.3, -0.25) is 9.59 Å². The highest BCUT2D eigenvalue weighted by Gasteiger charge is 2.06. The van der Waals surface area contributed by atoms with Gasteiger partial charge in [-0.2, -0.15) is 0 Å². The van der Waals surface area contributed by atoms with Gasteiger partial charge >= 0.3 is 5.97 Å². The Hall–Kier alpha value is -1.95. The fourth-order valence-corrected chi connectivity index (χ4v) is 2.25. The first kappa shape index (κ1) is 13.5. The van der Waals surface area contributed by atoms with Crippen LogP contribution in [0.4, 0.5) is 0 Å². The normalized spacial score (nSPS) is 10.5. The highest BCUT2D eigenvalue weighted by atomic mass is 32.2. The zero-order valence-electron chi connectivity index (χ0n) is 10.2. The van der Waals surface area contributed by atoms with E-state index in [0.29, 0.717) is 17.9 Å². The van der Waals surface area contributed by atoms with Gasteiger partial charge < -0.3 is 15.4 Å². The Kier molecular flexibility index (Phi) is 4.46. The first-order valence-electron chi connectivity index (χ1n) is 5.82. The maximum absolute atomic E-state index is 11.9. The molecular formula is C13H14N2O3S. The minimum atomic E-state index is -0.839. The van der Waals surface area contributed by atoms with Gasteiger partial charge in [0.1, 0.15) is 0 Å². The van der Waals surface area contributed by atoms with Gasteiger partial charge in [0.25, 0.3) is 5.91 Å². The van der Waals surface area contributed by atoms with Crippen molar-refractivity contribution in [1.82, 2.24) is 10.3 Å². The lowest BCUT2D eigenvalue weighted by Crippen LogP contribution is -2.25. The van der Waals surface area contributed by atoms with E-state index in [0.717, 1.165) is 10.9 Å². The van der Waals surface area contributed by atoms with Crippen molar-refractivity contribution >= 4 is 34.5 Å². The van der Waals surface area contributed by atoms with Crippen LogP contribution in [0.15, 0.2) is 30.5 Å². The quantitative estimate of drug-likeness (QED) is 0.703. The van der Waals surface area contributed by atoms with E-state index >= 15 is 0 Å². The predicted octanol–water partition coefficient (Wildman–Crippen LogP) is 1.72. The van der Waals surface area contributed by atoms with Crippen molar-refractivity contribution in [2.75, 3.05) is 18.1 Å². The lowest BCUT2D eigenvalue weighted by Gasteiger charge is -2.04. The molecule has 1 amide bonds. The summed E-state index contributed by atoms with van der Waals surface area (Å²) < 4.78 is 0. The number of carboxylic acid groups (broad SMARTS) is 1. The molecule has 0 aliphatic carbocycles. The third kappa shape index (κ3) is 3.75. The number of carbonyl (C=O) groups is 2. The van der Waals surface area contributed by atoms with Gasteiger partial charge in [0.2, 0.25) is 0 Å². The van der Waals surface area contributed by atoms with Gasteiger partial charge in [0.15, 0.2) is 0 Å². The molecule has 100 valence electrons. The first-order valence-corrected chi connectivity index (χ1v) is 6.97. The van der Waals surface area contributed by atoms with Crippen molar-refractivity contribution in [3.63, 3.8) is 0 Å². The number of rotatable bonds is 6. The molecule has 19 heavy (non-hydrogen) atoms. The summed E-state index contributed by atoms with van der Waals surface area (Å²) in [4.78, 5) is 25.2. The summed E-state index contributed by atoms with van der Waals surface area (Å²) in [6, 6.07) is 7.41. The van der Waals surface area contributed by atoms with Crippen molar-refractivity contribution in [1.29, 1.82) is 0 Å². The van der Waals surface area contributed by atoms with E-state index < -0.39 is 5.97 Å². The van der Waals surface area contributed by atoms with E-state index in [1.54, 1.807) is 12.1 Å². The van der Waals surface area contributed by atoms with E-state index in [2.05, 4.69) is 10.3 Å². The zero-order valence-corrected chi connectivity index (χ0v) is 11.0. The van der Waals surface area contributed by atoms with E-state index in [9.17, 15) is 9.59 Å². The van der Waals surface area contributed by atoms with Crippen molar-refractivity contribution in [2.24, 2.45) is 0 Å². The van der Waals surface area contributed by atoms with Crippen molar-refractivity contribution in [3.8, 4) is 0 Å². The number of carbonyl (C=O) groups excluding carboxylic acids is 1. The van der Waals surface area contributed by atoms with Crippen LogP contribution in [0.1, 0.15) is 10.4 Å². The second-order valence-corrected chi connectivity index (χ2v) is 5.09. The number of carboxylic acids is 1. The predicted molar refractivity (Wildman–Crippen MR) is 75.6 cm³/mol. The molecule has 0 atom stereocenters. The van der Waals surface area contributed by atoms with Crippen LogP contribution in [-0.4, -0.2) is 40.0 Å². The summed E-state index contributed by atoms with van der Waals surface area (Å²) in [7, 11) is 0. The number of fused-ring (bicyclic) bond motifs is 1. The monoisotopic (exact) mass is 278 g/mol. The number of aromatic nitrogens is 1. The molecule has 0 fully saturated rings. The number of benzene rings is 1. The number of aromatic amines is 1. The second-order valence-electron chi connectivity index (χ2n) is 3.98. The molecule has 0 saturated carbocycles. The lowest BCUT2D eigenvalue weighted by molar-refractivity contribution is -0.133. The van der Waals surface area contributed by atoms with Gasteiger partial charge in [-0.25, -0.2) is 0 Å². The largest absolute Gasteiger partial charge is 0.481 e. The van der Waals surface area contributed by atoms with Crippen LogP contribution in [0.2, 0.25) is 0 Å². The number of thioether (sulfide) groups is 1. The molecule has 0 aliphatic rings. The lowest BCUT2D eigenvalue weighted by atomic mass is 10.1. The Morgan fingerprint density at radius 2 is 2.16 bits per heavy atom. The molecule has 2 rings (SSSR count). The van der Waals surface area contributed by atoms with Crippen molar-refractivity contribution < 1.29 is 14.7 Å². The molecule has 6 heteroatoms. The number of nitrogens with one attached hydrogen (secondary N) is 2. The molecule has 1 aromatic carbocycles. The summed E-state index contributed by atoms with van der Waals surface area (Å²) in [5.74, 6) is -0.339. The van der Waals surface area contributed by atoms with Crippen LogP contribution in [-0.2, 0) is 4.79 Å². The second kappa shape index (κ2) is 6.29. The van der Waals surface area contributed by atoms with Gasteiger partial charge in [0, 0.05) is 29.6 Å². The molecule has 1 heterocycles. The molecule has 0 unspecified atom stereocenters. The third-order valence-corrected chi connectivity index (χ3v) is 3.52. The minimum absolute atomic E-state index is 0.0598. The number of hydrogen-bond donors (Lipinski definition) is 3. The van der Waals surface area contributed by atoms with Crippen molar-refractivity contribution in [3.05, 3.63) is 36.0 Å². The molecule has 1 aromatic heterocycles. The smallest absolute Gasteiger partial charge is 0.313 e. The van der Waals surface area contributed by atoms with Crippen LogP contribution in [0.3, 0.4) is 0 Å². The fraction of sp³-hybridized carbons (Fsp3) is 0.231. The van der Waals surface area contributed by atoms with Crippen LogP contribution in [0.5, 0.6) is 0 Å². The first-order chi connectivity index (χ1) is 9.16. The summed E-state index contributed by atoms with van der Waals surface area (Å²) in [6.07, 6.45) is 1.83.